The second-order valence-corrected chi connectivity index (χ2v) is 5.43. The molecule has 0 spiro atoms. The lowest BCUT2D eigenvalue weighted by Crippen LogP contribution is -2.35. The number of rotatable bonds is 7. The van der Waals surface area contributed by atoms with Crippen molar-refractivity contribution in [3.63, 3.8) is 0 Å². The first-order valence-electron chi connectivity index (χ1n) is 7.63. The van der Waals surface area contributed by atoms with E-state index in [9.17, 15) is 4.79 Å². The molecule has 0 heterocycles. The molecule has 0 aromatic heterocycles. The quantitative estimate of drug-likeness (QED) is 0.276. The maximum Gasteiger partial charge on any atom is 0.251 e. The van der Waals surface area contributed by atoms with Gasteiger partial charge in [-0.25, -0.2) is 0 Å². The number of aliphatic imine (C=N–C) groups is 1. The fourth-order valence-electron chi connectivity index (χ4n) is 2.16. The van der Waals surface area contributed by atoms with E-state index in [0.29, 0.717) is 18.1 Å². The van der Waals surface area contributed by atoms with E-state index in [1.807, 2.05) is 18.2 Å². The minimum Gasteiger partial charge on any atom is -0.370 e. The van der Waals surface area contributed by atoms with E-state index in [0.717, 1.165) is 25.4 Å². The Morgan fingerprint density at radius 2 is 1.86 bits per heavy atom. The van der Waals surface area contributed by atoms with E-state index in [4.69, 9.17) is 5.73 Å². The Kier molecular flexibility index (Phi) is 8.88. The van der Waals surface area contributed by atoms with Crippen LogP contribution in [0.4, 0.5) is 0 Å². The fourth-order valence-corrected chi connectivity index (χ4v) is 2.16. The van der Waals surface area contributed by atoms with E-state index in [1.165, 1.54) is 19.3 Å². The third-order valence-electron chi connectivity index (χ3n) is 3.73. The molecule has 1 aliphatic carbocycles. The van der Waals surface area contributed by atoms with Gasteiger partial charge in [-0.1, -0.05) is 24.6 Å². The van der Waals surface area contributed by atoms with Crippen molar-refractivity contribution in [1.82, 2.24) is 10.6 Å². The van der Waals surface area contributed by atoms with Crippen molar-refractivity contribution in [2.24, 2.45) is 16.6 Å². The molecule has 2 rings (SSSR count). The normalized spacial score (nSPS) is 14.6. The summed E-state index contributed by atoms with van der Waals surface area (Å²) in [7, 11) is 0. The smallest absolute Gasteiger partial charge is 0.251 e. The van der Waals surface area contributed by atoms with Crippen molar-refractivity contribution in [3.8, 4) is 0 Å². The third kappa shape index (κ3) is 6.64. The molecule has 0 unspecified atom stereocenters. The van der Waals surface area contributed by atoms with Crippen LogP contribution in [0, 0.1) is 5.92 Å². The highest BCUT2D eigenvalue weighted by Gasteiger charge is 2.16. The number of nitrogens with zero attached hydrogens (tertiary/aromatic N) is 1. The Bertz CT molecular complexity index is 474. The molecule has 1 aliphatic rings. The van der Waals surface area contributed by atoms with Crippen LogP contribution in [0.15, 0.2) is 35.3 Å². The topological polar surface area (TPSA) is 79.5 Å². The number of nitrogens with two attached hydrogens (primary N) is 1. The summed E-state index contributed by atoms with van der Waals surface area (Å²) in [4.78, 5) is 16.1. The van der Waals surface area contributed by atoms with Gasteiger partial charge in [0.15, 0.2) is 5.96 Å². The molecule has 1 aromatic carbocycles. The molecule has 0 atom stereocenters. The van der Waals surface area contributed by atoms with Crippen LogP contribution in [0.5, 0.6) is 0 Å². The van der Waals surface area contributed by atoms with Crippen molar-refractivity contribution in [1.29, 1.82) is 0 Å². The van der Waals surface area contributed by atoms with Gasteiger partial charge in [0, 0.05) is 25.2 Å². The number of benzene rings is 1. The predicted octanol–water partition coefficient (Wildman–Crippen LogP) is 2.13. The van der Waals surface area contributed by atoms with Gasteiger partial charge in [0.1, 0.15) is 0 Å². The molecule has 0 radical (unpaired) electrons. The molecule has 22 heavy (non-hydrogen) atoms. The highest BCUT2D eigenvalue weighted by Crippen LogP contribution is 2.26. The van der Waals surface area contributed by atoms with Gasteiger partial charge in [0.25, 0.3) is 5.91 Å². The van der Waals surface area contributed by atoms with Gasteiger partial charge in [-0.05, 0) is 37.3 Å². The predicted molar refractivity (Wildman–Crippen MR) is 101 cm³/mol. The van der Waals surface area contributed by atoms with Crippen molar-refractivity contribution in [2.45, 2.75) is 25.7 Å². The van der Waals surface area contributed by atoms with Gasteiger partial charge in [-0.2, -0.15) is 0 Å². The highest BCUT2D eigenvalue weighted by molar-refractivity contribution is 14.0. The van der Waals surface area contributed by atoms with E-state index < -0.39 is 0 Å². The number of guanidine groups is 1. The number of amides is 1. The molecular formula is C16H25IN4O. The summed E-state index contributed by atoms with van der Waals surface area (Å²) >= 11 is 0. The molecule has 5 nitrogen and oxygen atoms in total. The van der Waals surface area contributed by atoms with Crippen LogP contribution >= 0.6 is 24.0 Å². The molecule has 0 bridgehead atoms. The van der Waals surface area contributed by atoms with Gasteiger partial charge in [0.05, 0.1) is 0 Å². The first-order chi connectivity index (χ1) is 10.3. The minimum absolute atomic E-state index is 0. The van der Waals surface area contributed by atoms with Crippen LogP contribution in [-0.2, 0) is 0 Å². The highest BCUT2D eigenvalue weighted by atomic mass is 127. The molecule has 0 aliphatic heterocycles. The second kappa shape index (κ2) is 10.4. The number of hydrogen-bond acceptors (Lipinski definition) is 2. The third-order valence-corrected chi connectivity index (χ3v) is 3.73. The van der Waals surface area contributed by atoms with E-state index in [2.05, 4.69) is 15.6 Å². The molecule has 6 heteroatoms. The Hall–Kier alpha value is -1.31. The molecular weight excluding hydrogens is 391 g/mol. The maximum absolute atomic E-state index is 11.8. The summed E-state index contributed by atoms with van der Waals surface area (Å²) in [5, 5.41) is 5.96. The van der Waals surface area contributed by atoms with Crippen molar-refractivity contribution in [2.75, 3.05) is 19.6 Å². The zero-order chi connectivity index (χ0) is 14.9. The number of carbonyl (C=O) groups excluding carboxylic acids is 1. The summed E-state index contributed by atoms with van der Waals surface area (Å²) < 4.78 is 0. The summed E-state index contributed by atoms with van der Waals surface area (Å²) in [6.07, 6.45) is 4.71. The molecule has 1 amide bonds. The molecule has 1 aromatic rings. The SMILES string of the molecule is I.NC(=NCC1CCC1)NCCCNC(=O)c1ccccc1. The molecule has 4 N–H and O–H groups in total. The average Bonchev–Trinajstić information content (AvgIpc) is 2.46. The zero-order valence-electron chi connectivity index (χ0n) is 12.8. The van der Waals surface area contributed by atoms with E-state index in [1.54, 1.807) is 12.1 Å². The molecule has 1 saturated carbocycles. The standard InChI is InChI=1S/C16H24N4O.HI/c17-16(20-12-13-6-4-7-13)19-11-5-10-18-15(21)14-8-2-1-3-9-14;/h1-3,8-9,13H,4-7,10-12H2,(H,18,21)(H3,17,19,20);1H. The minimum atomic E-state index is -0.0396. The summed E-state index contributed by atoms with van der Waals surface area (Å²) in [5.41, 5.74) is 6.47. The number of nitrogens with one attached hydrogen (secondary N) is 2. The Balaban J connectivity index is 0.00000242. The van der Waals surface area contributed by atoms with Gasteiger partial charge in [-0.15, -0.1) is 24.0 Å². The second-order valence-electron chi connectivity index (χ2n) is 5.43. The summed E-state index contributed by atoms with van der Waals surface area (Å²) in [5.74, 6) is 1.20. The Morgan fingerprint density at radius 1 is 1.18 bits per heavy atom. The summed E-state index contributed by atoms with van der Waals surface area (Å²) in [6.45, 7) is 2.18. The lowest BCUT2D eigenvalue weighted by Gasteiger charge is -2.23. The van der Waals surface area contributed by atoms with Gasteiger partial charge < -0.3 is 16.4 Å². The Labute approximate surface area is 149 Å². The van der Waals surface area contributed by atoms with E-state index >= 15 is 0 Å². The Morgan fingerprint density at radius 3 is 2.50 bits per heavy atom. The number of halogens is 1. The summed E-state index contributed by atoms with van der Waals surface area (Å²) in [6, 6.07) is 9.22. The van der Waals surface area contributed by atoms with Crippen LogP contribution in [0.2, 0.25) is 0 Å². The first kappa shape index (κ1) is 18.7. The van der Waals surface area contributed by atoms with Crippen molar-refractivity contribution >= 4 is 35.8 Å². The van der Waals surface area contributed by atoms with Crippen LogP contribution in [0.25, 0.3) is 0 Å². The lowest BCUT2D eigenvalue weighted by atomic mass is 9.86. The van der Waals surface area contributed by atoms with E-state index in [-0.39, 0.29) is 29.9 Å². The zero-order valence-corrected chi connectivity index (χ0v) is 15.1. The number of carbonyl (C=O) groups is 1. The average molecular weight is 416 g/mol. The monoisotopic (exact) mass is 416 g/mol. The van der Waals surface area contributed by atoms with Gasteiger partial charge in [0.2, 0.25) is 0 Å². The van der Waals surface area contributed by atoms with Crippen LogP contribution in [0.3, 0.4) is 0 Å². The molecule has 1 fully saturated rings. The first-order valence-corrected chi connectivity index (χ1v) is 7.63. The van der Waals surface area contributed by atoms with Gasteiger partial charge in [-0.3, -0.25) is 9.79 Å². The van der Waals surface area contributed by atoms with Crippen LogP contribution in [0.1, 0.15) is 36.0 Å². The molecule has 122 valence electrons. The van der Waals surface area contributed by atoms with Gasteiger partial charge >= 0.3 is 0 Å². The van der Waals surface area contributed by atoms with Crippen molar-refractivity contribution in [3.05, 3.63) is 35.9 Å². The number of hydrogen-bond donors (Lipinski definition) is 3. The largest absolute Gasteiger partial charge is 0.370 e. The molecule has 0 saturated heterocycles. The fraction of sp³-hybridized carbons (Fsp3) is 0.500. The maximum atomic E-state index is 11.8. The van der Waals surface area contributed by atoms with Crippen LogP contribution in [-0.4, -0.2) is 31.5 Å². The van der Waals surface area contributed by atoms with Crippen molar-refractivity contribution < 1.29 is 4.79 Å². The lowest BCUT2D eigenvalue weighted by molar-refractivity contribution is 0.0953. The van der Waals surface area contributed by atoms with Crippen LogP contribution < -0.4 is 16.4 Å².